The van der Waals surface area contributed by atoms with Gasteiger partial charge in [-0.2, -0.15) is 10.2 Å². The lowest BCUT2D eigenvalue weighted by Gasteiger charge is -1.94. The van der Waals surface area contributed by atoms with Gasteiger partial charge >= 0.3 is 0 Å². The number of hydrogen-bond donors (Lipinski definition) is 0. The zero-order valence-corrected chi connectivity index (χ0v) is 9.42. The molecule has 0 atom stereocenters. The molecule has 2 rings (SSSR count). The summed E-state index contributed by atoms with van der Waals surface area (Å²) in [5.74, 6) is -0.0320. The van der Waals surface area contributed by atoms with Crippen LogP contribution < -0.4 is 0 Å². The van der Waals surface area contributed by atoms with Crippen molar-refractivity contribution in [3.63, 3.8) is 0 Å². The quantitative estimate of drug-likeness (QED) is 0.726. The molecule has 0 fully saturated rings. The van der Waals surface area contributed by atoms with Crippen molar-refractivity contribution in [2.45, 2.75) is 19.9 Å². The third-order valence-electron chi connectivity index (χ3n) is 2.32. The summed E-state index contributed by atoms with van der Waals surface area (Å²) in [7, 11) is 1.79. The Morgan fingerprint density at radius 1 is 1.25 bits per heavy atom. The first-order valence-electron chi connectivity index (χ1n) is 5.26. The Balaban J connectivity index is 2.20. The highest BCUT2D eigenvalue weighted by Crippen LogP contribution is 2.08. The number of rotatable bonds is 4. The van der Waals surface area contributed by atoms with Crippen LogP contribution in [0.2, 0.25) is 0 Å². The molecule has 0 aliphatic heterocycles. The Labute approximate surface area is 93.7 Å². The van der Waals surface area contributed by atoms with Crippen LogP contribution in [0.15, 0.2) is 24.8 Å². The molecule has 16 heavy (non-hydrogen) atoms. The van der Waals surface area contributed by atoms with Gasteiger partial charge in [-0.15, -0.1) is 0 Å². The molecular formula is C11H14N4O. The third kappa shape index (κ3) is 2.03. The number of hydrogen-bond acceptors (Lipinski definition) is 3. The smallest absolute Gasteiger partial charge is 0.199 e. The van der Waals surface area contributed by atoms with Crippen LogP contribution >= 0.6 is 0 Å². The van der Waals surface area contributed by atoms with Crippen molar-refractivity contribution in [1.82, 2.24) is 19.6 Å². The van der Waals surface area contributed by atoms with Crippen LogP contribution in [0.5, 0.6) is 0 Å². The van der Waals surface area contributed by atoms with E-state index in [1.807, 2.05) is 0 Å². The molecule has 0 saturated carbocycles. The molecular weight excluding hydrogens is 204 g/mol. The topological polar surface area (TPSA) is 52.7 Å². The molecule has 0 radical (unpaired) electrons. The molecule has 0 aliphatic rings. The highest BCUT2D eigenvalue weighted by Gasteiger charge is 2.12. The van der Waals surface area contributed by atoms with Crippen LogP contribution in [-0.2, 0) is 13.6 Å². The van der Waals surface area contributed by atoms with Crippen LogP contribution in [-0.4, -0.2) is 25.3 Å². The number of aryl methyl sites for hydroxylation is 2. The Hall–Kier alpha value is -1.91. The second kappa shape index (κ2) is 4.30. The van der Waals surface area contributed by atoms with Crippen LogP contribution in [0.25, 0.3) is 0 Å². The van der Waals surface area contributed by atoms with Crippen molar-refractivity contribution in [3.8, 4) is 0 Å². The second-order valence-electron chi connectivity index (χ2n) is 3.72. The SMILES string of the molecule is CCCn1cc(C(=O)c2cnn(C)c2)cn1. The Bertz CT molecular complexity index is 498. The molecule has 84 valence electrons. The Morgan fingerprint density at radius 3 is 2.56 bits per heavy atom. The van der Waals surface area contributed by atoms with E-state index in [1.165, 1.54) is 0 Å². The molecule has 0 spiro atoms. The Morgan fingerprint density at radius 2 is 1.94 bits per heavy atom. The number of aromatic nitrogens is 4. The largest absolute Gasteiger partial charge is 0.288 e. The average molecular weight is 218 g/mol. The molecule has 0 unspecified atom stereocenters. The third-order valence-corrected chi connectivity index (χ3v) is 2.32. The molecule has 0 bridgehead atoms. The first-order chi connectivity index (χ1) is 7.70. The first-order valence-corrected chi connectivity index (χ1v) is 5.26. The van der Waals surface area contributed by atoms with Gasteiger partial charge in [-0.25, -0.2) is 0 Å². The molecule has 2 aromatic rings. The highest BCUT2D eigenvalue weighted by molar-refractivity contribution is 6.08. The molecule has 5 heteroatoms. The average Bonchev–Trinajstić information content (AvgIpc) is 2.87. The first kappa shape index (κ1) is 10.6. The fourth-order valence-electron chi connectivity index (χ4n) is 1.54. The predicted molar refractivity (Wildman–Crippen MR) is 59.2 cm³/mol. The van der Waals surface area contributed by atoms with Gasteiger partial charge in [-0.3, -0.25) is 14.2 Å². The van der Waals surface area contributed by atoms with E-state index in [0.717, 1.165) is 13.0 Å². The predicted octanol–water partition coefficient (Wildman–Crippen LogP) is 1.26. The molecule has 0 aromatic carbocycles. The van der Waals surface area contributed by atoms with Gasteiger partial charge in [-0.1, -0.05) is 6.92 Å². The minimum absolute atomic E-state index is 0.0320. The summed E-state index contributed by atoms with van der Waals surface area (Å²) >= 11 is 0. The minimum atomic E-state index is -0.0320. The molecule has 0 aliphatic carbocycles. The monoisotopic (exact) mass is 218 g/mol. The van der Waals surface area contributed by atoms with E-state index in [-0.39, 0.29) is 5.78 Å². The second-order valence-corrected chi connectivity index (χ2v) is 3.72. The van der Waals surface area contributed by atoms with E-state index in [0.29, 0.717) is 11.1 Å². The molecule has 2 heterocycles. The van der Waals surface area contributed by atoms with Gasteiger partial charge in [0.15, 0.2) is 5.78 Å². The number of carbonyl (C=O) groups excluding carboxylic acids is 1. The zero-order valence-electron chi connectivity index (χ0n) is 9.42. The van der Waals surface area contributed by atoms with Gasteiger partial charge in [0.2, 0.25) is 0 Å². The fraction of sp³-hybridized carbons (Fsp3) is 0.364. The highest BCUT2D eigenvalue weighted by atomic mass is 16.1. The molecule has 0 saturated heterocycles. The van der Waals surface area contributed by atoms with Crippen LogP contribution in [0.4, 0.5) is 0 Å². The van der Waals surface area contributed by atoms with Crippen LogP contribution in [0.1, 0.15) is 29.3 Å². The van der Waals surface area contributed by atoms with Gasteiger partial charge in [0.25, 0.3) is 0 Å². The van der Waals surface area contributed by atoms with Crippen molar-refractivity contribution in [1.29, 1.82) is 0 Å². The fourth-order valence-corrected chi connectivity index (χ4v) is 1.54. The summed E-state index contributed by atoms with van der Waals surface area (Å²) in [6, 6.07) is 0. The summed E-state index contributed by atoms with van der Waals surface area (Å²) in [5, 5.41) is 8.10. The van der Waals surface area contributed by atoms with Crippen molar-refractivity contribution in [2.75, 3.05) is 0 Å². The van der Waals surface area contributed by atoms with Gasteiger partial charge in [0, 0.05) is 26.0 Å². The van der Waals surface area contributed by atoms with Crippen molar-refractivity contribution in [2.24, 2.45) is 7.05 Å². The normalized spacial score (nSPS) is 10.6. The van der Waals surface area contributed by atoms with Gasteiger partial charge < -0.3 is 0 Å². The Kier molecular flexibility index (Phi) is 2.85. The maximum atomic E-state index is 12.0. The maximum absolute atomic E-state index is 12.0. The van der Waals surface area contributed by atoms with Gasteiger partial charge in [-0.05, 0) is 6.42 Å². The number of ketones is 1. The minimum Gasteiger partial charge on any atom is -0.288 e. The van der Waals surface area contributed by atoms with E-state index < -0.39 is 0 Å². The van der Waals surface area contributed by atoms with E-state index in [1.54, 1.807) is 41.2 Å². The van der Waals surface area contributed by atoms with Gasteiger partial charge in [0.1, 0.15) is 0 Å². The molecule has 2 aromatic heterocycles. The summed E-state index contributed by atoms with van der Waals surface area (Å²) in [4.78, 5) is 12.0. The maximum Gasteiger partial charge on any atom is 0.199 e. The molecule has 0 N–H and O–H groups in total. The van der Waals surface area contributed by atoms with E-state index in [2.05, 4.69) is 17.1 Å². The summed E-state index contributed by atoms with van der Waals surface area (Å²) in [6.45, 7) is 2.91. The van der Waals surface area contributed by atoms with Crippen molar-refractivity contribution >= 4 is 5.78 Å². The lowest BCUT2D eigenvalue weighted by atomic mass is 10.1. The van der Waals surface area contributed by atoms with E-state index in [4.69, 9.17) is 0 Å². The van der Waals surface area contributed by atoms with Crippen LogP contribution in [0, 0.1) is 0 Å². The van der Waals surface area contributed by atoms with E-state index >= 15 is 0 Å². The van der Waals surface area contributed by atoms with Crippen molar-refractivity contribution < 1.29 is 4.79 Å². The standard InChI is InChI=1S/C11H14N4O/c1-3-4-15-8-10(6-13-15)11(16)9-5-12-14(2)7-9/h5-8H,3-4H2,1-2H3. The van der Waals surface area contributed by atoms with E-state index in [9.17, 15) is 4.79 Å². The zero-order chi connectivity index (χ0) is 11.5. The van der Waals surface area contributed by atoms with Gasteiger partial charge in [0.05, 0.1) is 23.5 Å². The summed E-state index contributed by atoms with van der Waals surface area (Å²) in [6.07, 6.45) is 7.66. The van der Waals surface area contributed by atoms with Crippen LogP contribution in [0.3, 0.4) is 0 Å². The number of carbonyl (C=O) groups is 1. The lowest BCUT2D eigenvalue weighted by Crippen LogP contribution is -1.99. The van der Waals surface area contributed by atoms with Crippen molar-refractivity contribution in [3.05, 3.63) is 35.9 Å². The summed E-state index contributed by atoms with van der Waals surface area (Å²) < 4.78 is 3.40. The summed E-state index contributed by atoms with van der Waals surface area (Å²) in [5.41, 5.74) is 1.21. The lowest BCUT2D eigenvalue weighted by molar-refractivity contribution is 0.103. The molecule has 0 amide bonds. The number of nitrogens with zero attached hydrogens (tertiary/aromatic N) is 4. The molecule has 5 nitrogen and oxygen atoms in total.